The summed E-state index contributed by atoms with van der Waals surface area (Å²) in [6, 6.07) is 0. The van der Waals surface area contributed by atoms with E-state index in [1.165, 1.54) is 7.11 Å². The number of esters is 1. The van der Waals surface area contributed by atoms with Gasteiger partial charge in [0.2, 0.25) is 0 Å². The Morgan fingerprint density at radius 3 is 2.62 bits per heavy atom. The Bertz CT molecular complexity index is 194. The van der Waals surface area contributed by atoms with Crippen LogP contribution in [-0.2, 0) is 19.1 Å². The van der Waals surface area contributed by atoms with E-state index in [-0.39, 0.29) is 11.7 Å². The van der Waals surface area contributed by atoms with E-state index < -0.39 is 18.2 Å². The Morgan fingerprint density at radius 2 is 2.08 bits per heavy atom. The first kappa shape index (κ1) is 10.5. The number of carbonyl (C=O) groups is 2. The van der Waals surface area contributed by atoms with Crippen molar-refractivity contribution in [2.75, 3.05) is 13.0 Å². The summed E-state index contributed by atoms with van der Waals surface area (Å²) in [4.78, 5) is 22.0. The fraction of sp³-hybridized carbons (Fsp3) is 0.750. The summed E-state index contributed by atoms with van der Waals surface area (Å²) in [5.74, 6) is -0.670. The fourth-order valence-electron chi connectivity index (χ4n) is 1.26. The van der Waals surface area contributed by atoms with Crippen LogP contribution >= 0.6 is 11.6 Å². The highest BCUT2D eigenvalue weighted by Crippen LogP contribution is 2.21. The summed E-state index contributed by atoms with van der Waals surface area (Å²) in [6.07, 6.45) is -0.0468. The monoisotopic (exact) mass is 206 g/mol. The van der Waals surface area contributed by atoms with E-state index in [2.05, 4.69) is 4.74 Å². The molecule has 0 saturated carbocycles. The van der Waals surface area contributed by atoms with Crippen molar-refractivity contribution in [2.45, 2.75) is 25.0 Å². The topological polar surface area (TPSA) is 52.6 Å². The van der Waals surface area contributed by atoms with Gasteiger partial charge in [-0.25, -0.2) is 4.79 Å². The molecule has 13 heavy (non-hydrogen) atoms. The largest absolute Gasteiger partial charge is 0.467 e. The quantitative estimate of drug-likeness (QED) is 0.499. The number of carbonyl (C=O) groups excluding carboxylic acids is 2. The molecule has 0 N–H and O–H groups in total. The van der Waals surface area contributed by atoms with Gasteiger partial charge in [0.05, 0.1) is 13.0 Å². The van der Waals surface area contributed by atoms with Gasteiger partial charge >= 0.3 is 5.97 Å². The van der Waals surface area contributed by atoms with Gasteiger partial charge in [0.1, 0.15) is 6.10 Å². The molecule has 74 valence electrons. The molecule has 2 atom stereocenters. The van der Waals surface area contributed by atoms with Gasteiger partial charge in [0.15, 0.2) is 11.9 Å². The second-order valence-electron chi connectivity index (χ2n) is 2.81. The van der Waals surface area contributed by atoms with Crippen molar-refractivity contribution in [3.05, 3.63) is 0 Å². The zero-order chi connectivity index (χ0) is 9.84. The molecule has 1 aliphatic rings. The molecule has 0 aromatic heterocycles. The van der Waals surface area contributed by atoms with Crippen molar-refractivity contribution in [3.63, 3.8) is 0 Å². The van der Waals surface area contributed by atoms with E-state index in [4.69, 9.17) is 16.3 Å². The molecule has 1 saturated heterocycles. The molecule has 1 heterocycles. The zero-order valence-electron chi connectivity index (χ0n) is 7.29. The highest BCUT2D eigenvalue weighted by molar-refractivity contribution is 6.28. The summed E-state index contributed by atoms with van der Waals surface area (Å²) in [5, 5.41) is 0. The molecular weight excluding hydrogens is 196 g/mol. The third kappa shape index (κ3) is 2.42. The predicted molar refractivity (Wildman–Crippen MR) is 45.6 cm³/mol. The maximum atomic E-state index is 11.1. The van der Waals surface area contributed by atoms with E-state index in [1.807, 2.05) is 0 Å². The van der Waals surface area contributed by atoms with Crippen molar-refractivity contribution < 1.29 is 19.1 Å². The molecule has 0 spiro atoms. The van der Waals surface area contributed by atoms with Crippen molar-refractivity contribution >= 4 is 23.4 Å². The summed E-state index contributed by atoms with van der Waals surface area (Å²) in [6.45, 7) is 0. The van der Waals surface area contributed by atoms with Crippen molar-refractivity contribution in [2.24, 2.45) is 0 Å². The van der Waals surface area contributed by atoms with Gasteiger partial charge in [0, 0.05) is 0 Å². The van der Waals surface area contributed by atoms with Gasteiger partial charge < -0.3 is 9.47 Å². The number of methoxy groups -OCH3 is 1. The number of alkyl halides is 1. The van der Waals surface area contributed by atoms with E-state index in [9.17, 15) is 9.59 Å². The van der Waals surface area contributed by atoms with E-state index >= 15 is 0 Å². The van der Waals surface area contributed by atoms with Crippen LogP contribution in [0.3, 0.4) is 0 Å². The Balaban J connectivity index is 2.44. The summed E-state index contributed by atoms with van der Waals surface area (Å²) >= 11 is 5.35. The third-order valence-electron chi connectivity index (χ3n) is 1.97. The lowest BCUT2D eigenvalue weighted by molar-refractivity contribution is -0.154. The molecule has 4 nitrogen and oxygen atoms in total. The highest BCUT2D eigenvalue weighted by Gasteiger charge is 2.34. The first-order valence-electron chi connectivity index (χ1n) is 4.01. The third-order valence-corrected chi connectivity index (χ3v) is 2.24. The molecule has 1 aliphatic heterocycles. The molecule has 0 bridgehead atoms. The number of hydrogen-bond donors (Lipinski definition) is 0. The van der Waals surface area contributed by atoms with Gasteiger partial charge in [0.25, 0.3) is 0 Å². The molecule has 0 aromatic carbocycles. The molecule has 0 aromatic rings. The van der Waals surface area contributed by atoms with Crippen LogP contribution in [0.2, 0.25) is 0 Å². The maximum Gasteiger partial charge on any atom is 0.335 e. The molecule has 0 amide bonds. The van der Waals surface area contributed by atoms with Crippen LogP contribution in [-0.4, -0.2) is 37.0 Å². The van der Waals surface area contributed by atoms with Crippen LogP contribution in [0, 0.1) is 0 Å². The van der Waals surface area contributed by atoms with Gasteiger partial charge in [-0.05, 0) is 12.8 Å². The molecule has 0 radical (unpaired) electrons. The molecular formula is C8H11ClO4. The zero-order valence-corrected chi connectivity index (χ0v) is 8.04. The van der Waals surface area contributed by atoms with Crippen LogP contribution in [0.25, 0.3) is 0 Å². The highest BCUT2D eigenvalue weighted by atomic mass is 35.5. The molecule has 5 heteroatoms. The van der Waals surface area contributed by atoms with Crippen LogP contribution in [0.1, 0.15) is 12.8 Å². The summed E-state index contributed by atoms with van der Waals surface area (Å²) < 4.78 is 9.65. The lowest BCUT2D eigenvalue weighted by atomic mass is 10.1. The van der Waals surface area contributed by atoms with Crippen LogP contribution in [0.5, 0.6) is 0 Å². The lowest BCUT2D eigenvalue weighted by Gasteiger charge is -2.09. The van der Waals surface area contributed by atoms with Gasteiger partial charge in [-0.3, -0.25) is 4.79 Å². The Labute approximate surface area is 81.1 Å². The maximum absolute atomic E-state index is 11.1. The number of hydrogen-bond acceptors (Lipinski definition) is 4. The number of ketones is 1. The molecule has 1 fully saturated rings. The average Bonchev–Trinajstić information content (AvgIpc) is 2.64. The molecule has 1 rings (SSSR count). The van der Waals surface area contributed by atoms with Crippen molar-refractivity contribution in [1.82, 2.24) is 0 Å². The fourth-order valence-corrected chi connectivity index (χ4v) is 1.44. The standard InChI is InChI=1S/C8H11ClO4/c1-12-8(11)7-3-2-6(13-7)5(10)4-9/h6-7H,2-4H2,1H3/t6-,7+/m1/s1. The Hall–Kier alpha value is -0.610. The van der Waals surface area contributed by atoms with Gasteiger partial charge in [-0.15, -0.1) is 11.6 Å². The first-order valence-corrected chi connectivity index (χ1v) is 4.54. The first-order chi connectivity index (χ1) is 6.19. The minimum Gasteiger partial charge on any atom is -0.467 e. The Kier molecular flexibility index (Phi) is 3.69. The van der Waals surface area contributed by atoms with E-state index in [0.717, 1.165) is 0 Å². The SMILES string of the molecule is COC(=O)[C@@H]1CC[C@H](C(=O)CCl)O1. The second kappa shape index (κ2) is 4.58. The number of halogens is 1. The van der Waals surface area contributed by atoms with Gasteiger partial charge in [-0.1, -0.05) is 0 Å². The van der Waals surface area contributed by atoms with Crippen molar-refractivity contribution in [1.29, 1.82) is 0 Å². The smallest absolute Gasteiger partial charge is 0.335 e. The second-order valence-corrected chi connectivity index (χ2v) is 3.08. The number of rotatable bonds is 3. The van der Waals surface area contributed by atoms with Crippen LogP contribution in [0.15, 0.2) is 0 Å². The molecule has 0 unspecified atom stereocenters. The van der Waals surface area contributed by atoms with Crippen molar-refractivity contribution in [3.8, 4) is 0 Å². The normalized spacial score (nSPS) is 27.2. The minimum absolute atomic E-state index is 0.0709. The van der Waals surface area contributed by atoms with Gasteiger partial charge in [-0.2, -0.15) is 0 Å². The average molecular weight is 207 g/mol. The Morgan fingerprint density at radius 1 is 1.46 bits per heavy atom. The lowest BCUT2D eigenvalue weighted by Crippen LogP contribution is -2.26. The summed E-state index contributed by atoms with van der Waals surface area (Å²) in [7, 11) is 1.29. The minimum atomic E-state index is -0.595. The summed E-state index contributed by atoms with van der Waals surface area (Å²) in [5.41, 5.74) is 0. The van der Waals surface area contributed by atoms with Crippen LogP contribution in [0.4, 0.5) is 0 Å². The number of Topliss-reactive ketones (excluding diaryl/α,β-unsaturated/α-hetero) is 1. The predicted octanol–water partition coefficient (Wildman–Crippen LogP) is 0.515. The van der Waals surface area contributed by atoms with Crippen LogP contribution < -0.4 is 0 Å². The van der Waals surface area contributed by atoms with E-state index in [1.54, 1.807) is 0 Å². The number of ether oxygens (including phenoxy) is 2. The van der Waals surface area contributed by atoms with E-state index in [0.29, 0.717) is 12.8 Å². The molecule has 0 aliphatic carbocycles.